The van der Waals surface area contributed by atoms with Crippen LogP contribution in [0.4, 0.5) is 0 Å². The number of hydrogen-bond acceptors (Lipinski definition) is 4. The lowest BCUT2D eigenvalue weighted by Gasteiger charge is -2.16. The van der Waals surface area contributed by atoms with E-state index in [4.69, 9.17) is 4.74 Å². The quantitative estimate of drug-likeness (QED) is 0.820. The zero-order valence-corrected chi connectivity index (χ0v) is 13.6. The van der Waals surface area contributed by atoms with Crippen LogP contribution >= 0.6 is 0 Å². The Bertz CT molecular complexity index is 739. The zero-order valence-electron chi connectivity index (χ0n) is 12.7. The van der Waals surface area contributed by atoms with E-state index in [0.29, 0.717) is 24.2 Å². The Morgan fingerprint density at radius 3 is 2.41 bits per heavy atom. The van der Waals surface area contributed by atoms with Gasteiger partial charge in [-0.25, -0.2) is 13.1 Å². The van der Waals surface area contributed by atoms with Crippen LogP contribution in [-0.2, 0) is 10.0 Å². The van der Waals surface area contributed by atoms with E-state index in [-0.39, 0.29) is 11.5 Å². The molecular weight excluding hydrogens is 302 g/mol. The van der Waals surface area contributed by atoms with Crippen molar-refractivity contribution in [3.63, 3.8) is 0 Å². The number of fused-ring (bicyclic) bond motifs is 1. The van der Waals surface area contributed by atoms with Crippen molar-refractivity contribution in [1.29, 1.82) is 0 Å². The smallest absolute Gasteiger partial charge is 0.241 e. The first kappa shape index (κ1) is 16.7. The summed E-state index contributed by atoms with van der Waals surface area (Å²) in [6.07, 6.45) is 0.519. The Morgan fingerprint density at radius 1 is 1.14 bits per heavy atom. The Hall–Kier alpha value is -1.63. The molecule has 0 aliphatic rings. The fraction of sp³-hybridized carbons (Fsp3) is 0.375. The number of aliphatic hydroxyl groups is 1. The number of aliphatic hydroxyl groups excluding tert-OH is 1. The first-order chi connectivity index (χ1) is 10.5. The molecule has 0 heterocycles. The molecule has 2 aromatic rings. The van der Waals surface area contributed by atoms with Gasteiger partial charge in [-0.3, -0.25) is 0 Å². The summed E-state index contributed by atoms with van der Waals surface area (Å²) < 4.78 is 33.2. The molecule has 0 fully saturated rings. The van der Waals surface area contributed by atoms with E-state index >= 15 is 0 Å². The first-order valence-electron chi connectivity index (χ1n) is 7.31. The molecule has 0 spiro atoms. The zero-order chi connectivity index (χ0) is 16.2. The second-order valence-electron chi connectivity index (χ2n) is 4.95. The molecule has 22 heavy (non-hydrogen) atoms. The van der Waals surface area contributed by atoms with E-state index in [9.17, 15) is 13.5 Å². The van der Waals surface area contributed by atoms with Crippen LogP contribution < -0.4 is 9.46 Å². The van der Waals surface area contributed by atoms with Crippen molar-refractivity contribution in [3.05, 3.63) is 36.4 Å². The predicted molar refractivity (Wildman–Crippen MR) is 86.6 cm³/mol. The summed E-state index contributed by atoms with van der Waals surface area (Å²) >= 11 is 0. The standard InChI is InChI=1S/C16H21NO4S/c1-3-12(11-18)17-22(19,20)16-10-9-15(21-4-2)13-7-5-6-8-14(13)16/h5-10,12,17-18H,3-4,11H2,1-2H3. The maximum atomic E-state index is 12.6. The minimum Gasteiger partial charge on any atom is -0.493 e. The highest BCUT2D eigenvalue weighted by atomic mass is 32.2. The van der Waals surface area contributed by atoms with Crippen LogP contribution in [0.5, 0.6) is 5.75 Å². The molecule has 0 radical (unpaired) electrons. The van der Waals surface area contributed by atoms with Crippen LogP contribution in [0.25, 0.3) is 10.8 Å². The van der Waals surface area contributed by atoms with E-state index in [1.807, 2.05) is 26.0 Å². The van der Waals surface area contributed by atoms with Crippen molar-refractivity contribution < 1.29 is 18.3 Å². The number of benzene rings is 2. The lowest BCUT2D eigenvalue weighted by molar-refractivity contribution is 0.254. The molecule has 2 N–H and O–H groups in total. The molecule has 6 heteroatoms. The summed E-state index contributed by atoms with van der Waals surface area (Å²) in [6, 6.07) is 9.95. The van der Waals surface area contributed by atoms with Crippen molar-refractivity contribution in [2.24, 2.45) is 0 Å². The van der Waals surface area contributed by atoms with Crippen molar-refractivity contribution in [2.45, 2.75) is 31.2 Å². The molecule has 0 saturated heterocycles. The number of hydrogen-bond donors (Lipinski definition) is 2. The maximum absolute atomic E-state index is 12.6. The molecule has 2 aromatic carbocycles. The normalized spacial score (nSPS) is 13.2. The second-order valence-corrected chi connectivity index (χ2v) is 6.63. The third-order valence-corrected chi connectivity index (χ3v) is 5.05. The lowest BCUT2D eigenvalue weighted by Crippen LogP contribution is -2.36. The molecule has 0 aliphatic carbocycles. The minimum atomic E-state index is -3.71. The average Bonchev–Trinajstić information content (AvgIpc) is 2.53. The van der Waals surface area contributed by atoms with Gasteiger partial charge in [-0.2, -0.15) is 0 Å². The Morgan fingerprint density at radius 2 is 1.82 bits per heavy atom. The van der Waals surface area contributed by atoms with Gasteiger partial charge in [-0.15, -0.1) is 0 Å². The molecule has 0 bridgehead atoms. The number of nitrogens with one attached hydrogen (secondary N) is 1. The summed E-state index contributed by atoms with van der Waals surface area (Å²) in [5.41, 5.74) is 0. The van der Waals surface area contributed by atoms with Crippen LogP contribution in [0.15, 0.2) is 41.3 Å². The van der Waals surface area contributed by atoms with Gasteiger partial charge in [0.25, 0.3) is 0 Å². The van der Waals surface area contributed by atoms with Crippen molar-refractivity contribution in [3.8, 4) is 5.75 Å². The van der Waals surface area contributed by atoms with Gasteiger partial charge in [0.2, 0.25) is 10.0 Å². The highest BCUT2D eigenvalue weighted by Crippen LogP contribution is 2.31. The fourth-order valence-corrected chi connectivity index (χ4v) is 3.81. The molecule has 120 valence electrons. The van der Waals surface area contributed by atoms with Gasteiger partial charge in [0, 0.05) is 16.8 Å². The van der Waals surface area contributed by atoms with Gasteiger partial charge >= 0.3 is 0 Å². The van der Waals surface area contributed by atoms with E-state index in [1.54, 1.807) is 24.3 Å². The number of rotatable bonds is 7. The van der Waals surface area contributed by atoms with Crippen molar-refractivity contribution >= 4 is 20.8 Å². The van der Waals surface area contributed by atoms with Gasteiger partial charge in [-0.1, -0.05) is 31.2 Å². The van der Waals surface area contributed by atoms with E-state index in [1.165, 1.54) is 0 Å². The summed E-state index contributed by atoms with van der Waals surface area (Å²) in [7, 11) is -3.71. The van der Waals surface area contributed by atoms with Crippen LogP contribution in [0.1, 0.15) is 20.3 Å². The Labute approximate surface area is 131 Å². The highest BCUT2D eigenvalue weighted by Gasteiger charge is 2.21. The SMILES string of the molecule is CCOc1ccc(S(=O)(=O)NC(CC)CO)c2ccccc12. The third kappa shape index (κ3) is 3.40. The van der Waals surface area contributed by atoms with Gasteiger partial charge in [0.15, 0.2) is 0 Å². The molecule has 2 rings (SSSR count). The van der Waals surface area contributed by atoms with Crippen LogP contribution in [-0.4, -0.2) is 32.8 Å². The predicted octanol–water partition coefficient (Wildman–Crippen LogP) is 2.29. The topological polar surface area (TPSA) is 75.6 Å². The lowest BCUT2D eigenvalue weighted by atomic mass is 10.1. The van der Waals surface area contributed by atoms with Crippen LogP contribution in [0, 0.1) is 0 Å². The largest absolute Gasteiger partial charge is 0.493 e. The molecule has 5 nitrogen and oxygen atoms in total. The molecular formula is C16H21NO4S. The van der Waals surface area contributed by atoms with E-state index in [0.717, 1.165) is 5.39 Å². The molecule has 0 amide bonds. The fourth-order valence-electron chi connectivity index (χ4n) is 2.29. The van der Waals surface area contributed by atoms with Gasteiger partial charge in [0.1, 0.15) is 5.75 Å². The minimum absolute atomic E-state index is 0.193. The summed E-state index contributed by atoms with van der Waals surface area (Å²) in [4.78, 5) is 0.193. The Balaban J connectivity index is 2.54. The van der Waals surface area contributed by atoms with Gasteiger partial charge in [0.05, 0.1) is 18.1 Å². The Kier molecular flexibility index (Phi) is 5.39. The van der Waals surface area contributed by atoms with Crippen LogP contribution in [0.2, 0.25) is 0 Å². The van der Waals surface area contributed by atoms with Crippen molar-refractivity contribution in [2.75, 3.05) is 13.2 Å². The highest BCUT2D eigenvalue weighted by molar-refractivity contribution is 7.89. The van der Waals surface area contributed by atoms with Gasteiger partial charge in [-0.05, 0) is 25.5 Å². The molecule has 1 unspecified atom stereocenters. The molecule has 0 aliphatic heterocycles. The summed E-state index contributed by atoms with van der Waals surface area (Å²) in [5, 5.41) is 10.6. The summed E-state index contributed by atoms with van der Waals surface area (Å²) in [6.45, 7) is 3.98. The van der Waals surface area contributed by atoms with Gasteiger partial charge < -0.3 is 9.84 Å². The number of sulfonamides is 1. The number of ether oxygens (including phenoxy) is 1. The molecule has 0 saturated carbocycles. The van der Waals surface area contributed by atoms with Crippen LogP contribution in [0.3, 0.4) is 0 Å². The van der Waals surface area contributed by atoms with Crippen molar-refractivity contribution in [1.82, 2.24) is 4.72 Å². The molecule has 1 atom stereocenters. The van der Waals surface area contributed by atoms with E-state index in [2.05, 4.69) is 4.72 Å². The first-order valence-corrected chi connectivity index (χ1v) is 8.79. The second kappa shape index (κ2) is 7.09. The third-order valence-electron chi connectivity index (χ3n) is 3.47. The average molecular weight is 323 g/mol. The monoisotopic (exact) mass is 323 g/mol. The maximum Gasteiger partial charge on any atom is 0.241 e. The summed E-state index contributed by atoms with van der Waals surface area (Å²) in [5.74, 6) is 0.659. The molecule has 0 aromatic heterocycles. The van der Waals surface area contributed by atoms with E-state index < -0.39 is 16.1 Å².